The van der Waals surface area contributed by atoms with Crippen LogP contribution >= 0.6 is 0 Å². The molecule has 2 atom stereocenters. The average molecular weight is 245 g/mol. The molecule has 1 aromatic carbocycles. The normalized spacial score (nSPS) is 25.9. The van der Waals surface area contributed by atoms with Gasteiger partial charge in [-0.1, -0.05) is 12.1 Å². The number of morpholine rings is 1. The molecular weight excluding hydrogens is 231 g/mol. The predicted molar refractivity (Wildman–Crippen MR) is 57.6 cm³/mol. The summed E-state index contributed by atoms with van der Waals surface area (Å²) in [7, 11) is 0. The summed E-state index contributed by atoms with van der Waals surface area (Å²) in [4.78, 5) is 0. The Morgan fingerprint density at radius 3 is 2.71 bits per heavy atom. The van der Waals surface area contributed by atoms with E-state index in [4.69, 9.17) is 4.74 Å². The summed E-state index contributed by atoms with van der Waals surface area (Å²) in [6, 6.07) is 5.31. The van der Waals surface area contributed by atoms with E-state index in [1.165, 1.54) is 6.07 Å². The lowest BCUT2D eigenvalue weighted by Gasteiger charge is -2.29. The van der Waals surface area contributed by atoms with Gasteiger partial charge in [-0.05, 0) is 24.6 Å². The summed E-state index contributed by atoms with van der Waals surface area (Å²) in [6.07, 6.45) is -4.59. The molecule has 17 heavy (non-hydrogen) atoms. The van der Waals surface area contributed by atoms with Crippen LogP contribution in [0.2, 0.25) is 0 Å². The van der Waals surface area contributed by atoms with Crippen LogP contribution < -0.4 is 5.32 Å². The lowest BCUT2D eigenvalue weighted by atomic mass is 10.0. The largest absolute Gasteiger partial charge is 0.416 e. The first-order chi connectivity index (χ1) is 7.97. The Bertz CT molecular complexity index is 392. The van der Waals surface area contributed by atoms with Crippen LogP contribution in [0.4, 0.5) is 13.2 Å². The van der Waals surface area contributed by atoms with Crippen molar-refractivity contribution in [2.45, 2.75) is 25.3 Å². The van der Waals surface area contributed by atoms with Crippen molar-refractivity contribution < 1.29 is 17.9 Å². The van der Waals surface area contributed by atoms with Crippen LogP contribution in [0.25, 0.3) is 0 Å². The van der Waals surface area contributed by atoms with Gasteiger partial charge >= 0.3 is 6.18 Å². The van der Waals surface area contributed by atoms with Gasteiger partial charge in [0.1, 0.15) is 0 Å². The van der Waals surface area contributed by atoms with E-state index in [1.54, 1.807) is 6.07 Å². The highest BCUT2D eigenvalue weighted by Gasteiger charge is 2.31. The van der Waals surface area contributed by atoms with Crippen molar-refractivity contribution in [1.29, 1.82) is 0 Å². The first kappa shape index (κ1) is 12.4. The van der Waals surface area contributed by atoms with E-state index in [-0.39, 0.29) is 12.2 Å². The third-order valence-electron chi connectivity index (χ3n) is 2.74. The van der Waals surface area contributed by atoms with Crippen molar-refractivity contribution in [1.82, 2.24) is 5.32 Å². The molecule has 0 unspecified atom stereocenters. The fraction of sp³-hybridized carbons (Fsp3) is 0.500. The van der Waals surface area contributed by atoms with Crippen LogP contribution in [0.3, 0.4) is 0 Å². The molecular formula is C12H14F3NO. The Labute approximate surface area is 97.8 Å². The first-order valence-corrected chi connectivity index (χ1v) is 5.50. The number of halogens is 3. The lowest BCUT2D eigenvalue weighted by Crippen LogP contribution is -2.38. The Morgan fingerprint density at radius 1 is 1.29 bits per heavy atom. The SMILES string of the molecule is C[C@H]1CNC[C@H](c2cccc(C(F)(F)F)c2)O1. The number of ether oxygens (including phenoxy) is 1. The van der Waals surface area contributed by atoms with E-state index in [2.05, 4.69) is 5.32 Å². The van der Waals surface area contributed by atoms with Gasteiger partial charge in [-0.25, -0.2) is 0 Å². The Hall–Kier alpha value is -1.07. The van der Waals surface area contributed by atoms with E-state index in [0.717, 1.165) is 18.7 Å². The van der Waals surface area contributed by atoms with Crippen molar-refractivity contribution >= 4 is 0 Å². The number of alkyl halides is 3. The molecule has 1 saturated heterocycles. The van der Waals surface area contributed by atoms with Crippen molar-refractivity contribution in [3.8, 4) is 0 Å². The smallest absolute Gasteiger partial charge is 0.368 e. The molecule has 94 valence electrons. The fourth-order valence-corrected chi connectivity index (χ4v) is 1.91. The molecule has 0 radical (unpaired) electrons. The summed E-state index contributed by atoms with van der Waals surface area (Å²) in [6.45, 7) is 3.17. The fourth-order valence-electron chi connectivity index (χ4n) is 1.91. The molecule has 0 amide bonds. The van der Waals surface area contributed by atoms with Crippen LogP contribution in [0.1, 0.15) is 24.2 Å². The number of hydrogen-bond acceptors (Lipinski definition) is 2. The van der Waals surface area contributed by atoms with Gasteiger partial charge < -0.3 is 10.1 Å². The summed E-state index contributed by atoms with van der Waals surface area (Å²) in [5.74, 6) is 0. The third kappa shape index (κ3) is 2.98. The molecule has 1 N–H and O–H groups in total. The van der Waals surface area contributed by atoms with Crippen LogP contribution in [0, 0.1) is 0 Å². The van der Waals surface area contributed by atoms with E-state index in [0.29, 0.717) is 12.1 Å². The summed E-state index contributed by atoms with van der Waals surface area (Å²) in [5.41, 5.74) is -0.0595. The van der Waals surface area contributed by atoms with Crippen molar-refractivity contribution in [2.75, 3.05) is 13.1 Å². The average Bonchev–Trinajstić information content (AvgIpc) is 2.28. The quantitative estimate of drug-likeness (QED) is 0.821. The molecule has 2 nitrogen and oxygen atoms in total. The molecule has 1 aliphatic heterocycles. The predicted octanol–water partition coefficient (Wildman–Crippen LogP) is 2.75. The molecule has 0 bridgehead atoms. The van der Waals surface area contributed by atoms with Crippen molar-refractivity contribution in [2.24, 2.45) is 0 Å². The van der Waals surface area contributed by atoms with Crippen LogP contribution in [0.15, 0.2) is 24.3 Å². The highest BCUT2D eigenvalue weighted by molar-refractivity contribution is 5.27. The standard InChI is InChI=1S/C12H14F3NO/c1-8-6-16-7-11(17-8)9-3-2-4-10(5-9)12(13,14)15/h2-5,8,11,16H,6-7H2,1H3/t8-,11+/m0/s1. The number of nitrogens with one attached hydrogen (secondary N) is 1. The Kier molecular flexibility index (Phi) is 3.40. The molecule has 0 aliphatic carbocycles. The van der Waals surface area contributed by atoms with Crippen molar-refractivity contribution in [3.63, 3.8) is 0 Å². The van der Waals surface area contributed by atoms with Gasteiger partial charge in [-0.2, -0.15) is 13.2 Å². The van der Waals surface area contributed by atoms with Crippen LogP contribution in [-0.2, 0) is 10.9 Å². The second-order valence-electron chi connectivity index (χ2n) is 4.22. The minimum Gasteiger partial charge on any atom is -0.368 e. The zero-order valence-corrected chi connectivity index (χ0v) is 9.42. The number of benzene rings is 1. The maximum Gasteiger partial charge on any atom is 0.416 e. The molecule has 1 aromatic rings. The van der Waals surface area contributed by atoms with Gasteiger partial charge in [0.05, 0.1) is 17.8 Å². The van der Waals surface area contributed by atoms with Gasteiger partial charge in [0.25, 0.3) is 0 Å². The molecule has 0 saturated carbocycles. The Balaban J connectivity index is 2.21. The van der Waals surface area contributed by atoms with E-state index < -0.39 is 11.7 Å². The summed E-state index contributed by atoms with van der Waals surface area (Å²) in [5, 5.41) is 3.14. The topological polar surface area (TPSA) is 21.3 Å². The molecule has 0 spiro atoms. The molecule has 1 aliphatic rings. The van der Waals surface area contributed by atoms with E-state index in [9.17, 15) is 13.2 Å². The summed E-state index contributed by atoms with van der Waals surface area (Å²) < 4.78 is 43.3. The minimum atomic E-state index is -4.30. The highest BCUT2D eigenvalue weighted by Crippen LogP contribution is 2.31. The van der Waals surface area contributed by atoms with Gasteiger partial charge in [-0.15, -0.1) is 0 Å². The number of rotatable bonds is 1. The van der Waals surface area contributed by atoms with Gasteiger partial charge in [-0.3, -0.25) is 0 Å². The van der Waals surface area contributed by atoms with Gasteiger partial charge in [0, 0.05) is 13.1 Å². The zero-order valence-electron chi connectivity index (χ0n) is 9.42. The summed E-state index contributed by atoms with van der Waals surface area (Å²) >= 11 is 0. The third-order valence-corrected chi connectivity index (χ3v) is 2.74. The van der Waals surface area contributed by atoms with Gasteiger partial charge in [0.2, 0.25) is 0 Å². The molecule has 1 fully saturated rings. The maximum absolute atomic E-state index is 12.6. The Morgan fingerprint density at radius 2 is 2.06 bits per heavy atom. The van der Waals surface area contributed by atoms with E-state index in [1.807, 2.05) is 6.92 Å². The molecule has 5 heteroatoms. The highest BCUT2D eigenvalue weighted by atomic mass is 19.4. The monoisotopic (exact) mass is 245 g/mol. The maximum atomic E-state index is 12.6. The van der Waals surface area contributed by atoms with Crippen LogP contribution in [-0.4, -0.2) is 19.2 Å². The van der Waals surface area contributed by atoms with Gasteiger partial charge in [0.15, 0.2) is 0 Å². The zero-order chi connectivity index (χ0) is 12.5. The first-order valence-electron chi connectivity index (χ1n) is 5.50. The van der Waals surface area contributed by atoms with E-state index >= 15 is 0 Å². The van der Waals surface area contributed by atoms with Crippen molar-refractivity contribution in [3.05, 3.63) is 35.4 Å². The molecule has 1 heterocycles. The molecule has 2 rings (SSSR count). The second kappa shape index (κ2) is 4.66. The second-order valence-corrected chi connectivity index (χ2v) is 4.22. The minimum absolute atomic E-state index is 0.0169. The number of hydrogen-bond donors (Lipinski definition) is 1. The molecule has 0 aromatic heterocycles. The van der Waals surface area contributed by atoms with Crippen LogP contribution in [0.5, 0.6) is 0 Å². The lowest BCUT2D eigenvalue weighted by molar-refractivity contribution is -0.137.